The van der Waals surface area contributed by atoms with E-state index in [4.69, 9.17) is 16.3 Å². The average Bonchev–Trinajstić information content (AvgIpc) is 2.75. The maximum atomic E-state index is 5.99. The lowest BCUT2D eigenvalue weighted by atomic mass is 10.1. The molecule has 1 aromatic heterocycles. The van der Waals surface area contributed by atoms with Crippen molar-refractivity contribution in [1.82, 2.24) is 9.55 Å². The molecule has 0 amide bonds. The molecule has 0 bridgehead atoms. The number of hydrogen-bond acceptors (Lipinski definition) is 2. The molecule has 0 aliphatic heterocycles. The molecule has 0 aliphatic carbocycles. The van der Waals surface area contributed by atoms with Crippen molar-refractivity contribution in [3.63, 3.8) is 0 Å². The maximum absolute atomic E-state index is 5.99. The molecule has 18 heavy (non-hydrogen) atoms. The molecule has 1 unspecified atom stereocenters. The number of imidazole rings is 1. The Labute approximate surface area is 113 Å². The third kappa shape index (κ3) is 2.46. The predicted molar refractivity (Wildman–Crippen MR) is 75.3 cm³/mol. The van der Waals surface area contributed by atoms with Crippen LogP contribution in [0.25, 0.3) is 11.0 Å². The fraction of sp³-hybridized carbons (Fsp3) is 0.500. The Morgan fingerprint density at radius 1 is 1.44 bits per heavy atom. The first-order chi connectivity index (χ1) is 8.69. The number of rotatable bonds is 5. The molecule has 1 atom stereocenters. The summed E-state index contributed by atoms with van der Waals surface area (Å²) in [6.45, 7) is 5.39. The highest BCUT2D eigenvalue weighted by Gasteiger charge is 2.12. The van der Waals surface area contributed by atoms with Crippen LogP contribution in [0.5, 0.6) is 5.75 Å². The zero-order valence-electron chi connectivity index (χ0n) is 11.1. The van der Waals surface area contributed by atoms with E-state index >= 15 is 0 Å². The van der Waals surface area contributed by atoms with Gasteiger partial charge in [0.2, 0.25) is 0 Å². The molecule has 0 saturated carbocycles. The second kappa shape index (κ2) is 5.61. The number of benzene rings is 1. The summed E-state index contributed by atoms with van der Waals surface area (Å²) >= 11 is 5.99. The van der Waals surface area contributed by atoms with Crippen molar-refractivity contribution >= 4 is 22.6 Å². The molecule has 98 valence electrons. The number of methoxy groups -OCH3 is 1. The zero-order valence-corrected chi connectivity index (χ0v) is 11.9. The van der Waals surface area contributed by atoms with E-state index in [0.717, 1.165) is 35.6 Å². The SMILES string of the molecule is CCC(C)Cn1c(CCl)nc2ccc(OC)cc21. The summed E-state index contributed by atoms with van der Waals surface area (Å²) in [6.07, 6.45) is 1.14. The minimum absolute atomic E-state index is 0.438. The molecule has 0 N–H and O–H groups in total. The van der Waals surface area contributed by atoms with Gasteiger partial charge in [-0.3, -0.25) is 0 Å². The van der Waals surface area contributed by atoms with Crippen LogP contribution >= 0.6 is 11.6 Å². The lowest BCUT2D eigenvalue weighted by molar-refractivity contribution is 0.414. The van der Waals surface area contributed by atoms with Crippen LogP contribution in [-0.4, -0.2) is 16.7 Å². The van der Waals surface area contributed by atoms with Crippen LogP contribution in [0, 0.1) is 5.92 Å². The van der Waals surface area contributed by atoms with E-state index in [1.807, 2.05) is 18.2 Å². The van der Waals surface area contributed by atoms with Crippen LogP contribution in [0.1, 0.15) is 26.1 Å². The minimum Gasteiger partial charge on any atom is -0.497 e. The number of fused-ring (bicyclic) bond motifs is 1. The molecular formula is C14H19ClN2O. The van der Waals surface area contributed by atoms with Crippen molar-refractivity contribution < 1.29 is 4.74 Å². The predicted octanol–water partition coefficient (Wildman–Crippen LogP) is 3.83. The first-order valence-electron chi connectivity index (χ1n) is 6.28. The molecule has 1 heterocycles. The molecule has 0 radical (unpaired) electrons. The fourth-order valence-electron chi connectivity index (χ4n) is 2.03. The van der Waals surface area contributed by atoms with E-state index in [1.165, 1.54) is 0 Å². The quantitative estimate of drug-likeness (QED) is 0.769. The molecule has 0 spiro atoms. The average molecular weight is 267 g/mol. The van der Waals surface area contributed by atoms with E-state index in [1.54, 1.807) is 7.11 Å². The summed E-state index contributed by atoms with van der Waals surface area (Å²) in [5.74, 6) is 2.83. The number of hydrogen-bond donors (Lipinski definition) is 0. The van der Waals surface area contributed by atoms with Crippen molar-refractivity contribution in [2.45, 2.75) is 32.7 Å². The van der Waals surface area contributed by atoms with E-state index in [-0.39, 0.29) is 0 Å². The third-order valence-electron chi connectivity index (χ3n) is 3.35. The summed E-state index contributed by atoms with van der Waals surface area (Å²) < 4.78 is 7.48. The molecule has 0 saturated heterocycles. The second-order valence-corrected chi connectivity index (χ2v) is 4.91. The molecule has 0 aliphatic rings. The first kappa shape index (κ1) is 13.2. The van der Waals surface area contributed by atoms with Gasteiger partial charge < -0.3 is 9.30 Å². The van der Waals surface area contributed by atoms with Crippen LogP contribution in [0.3, 0.4) is 0 Å². The van der Waals surface area contributed by atoms with Crippen molar-refractivity contribution in [3.8, 4) is 5.75 Å². The number of halogens is 1. The van der Waals surface area contributed by atoms with Crippen molar-refractivity contribution in [3.05, 3.63) is 24.0 Å². The monoisotopic (exact) mass is 266 g/mol. The van der Waals surface area contributed by atoms with E-state index in [0.29, 0.717) is 11.8 Å². The summed E-state index contributed by atoms with van der Waals surface area (Å²) in [6, 6.07) is 5.94. The number of nitrogens with zero attached hydrogens (tertiary/aromatic N) is 2. The summed E-state index contributed by atoms with van der Waals surface area (Å²) in [5.41, 5.74) is 2.08. The number of alkyl halides is 1. The van der Waals surface area contributed by atoms with Gasteiger partial charge in [0, 0.05) is 12.6 Å². The number of aromatic nitrogens is 2. The Kier molecular flexibility index (Phi) is 4.12. The molecule has 3 nitrogen and oxygen atoms in total. The van der Waals surface area contributed by atoms with Crippen LogP contribution in [-0.2, 0) is 12.4 Å². The fourth-order valence-corrected chi connectivity index (χ4v) is 2.23. The standard InChI is InChI=1S/C14H19ClN2O/c1-4-10(2)9-17-13-7-11(18-3)5-6-12(13)16-14(17)8-15/h5-7,10H,4,8-9H2,1-3H3. The van der Waals surface area contributed by atoms with Crippen LogP contribution in [0.2, 0.25) is 0 Å². The third-order valence-corrected chi connectivity index (χ3v) is 3.58. The molecular weight excluding hydrogens is 248 g/mol. The summed E-state index contributed by atoms with van der Waals surface area (Å²) in [7, 11) is 1.68. The molecule has 2 aromatic rings. The second-order valence-electron chi connectivity index (χ2n) is 4.64. The Bertz CT molecular complexity index is 536. The molecule has 0 fully saturated rings. The van der Waals surface area contributed by atoms with Crippen LogP contribution < -0.4 is 4.74 Å². The highest BCUT2D eigenvalue weighted by molar-refractivity contribution is 6.16. The van der Waals surface area contributed by atoms with Crippen molar-refractivity contribution in [2.75, 3.05) is 7.11 Å². The Balaban J connectivity index is 2.51. The summed E-state index contributed by atoms with van der Waals surface area (Å²) in [5, 5.41) is 0. The lowest BCUT2D eigenvalue weighted by Gasteiger charge is -2.13. The lowest BCUT2D eigenvalue weighted by Crippen LogP contribution is -2.09. The van der Waals surface area contributed by atoms with E-state index < -0.39 is 0 Å². The van der Waals surface area contributed by atoms with Gasteiger partial charge in [-0.15, -0.1) is 11.6 Å². The van der Waals surface area contributed by atoms with Gasteiger partial charge in [-0.25, -0.2) is 4.98 Å². The van der Waals surface area contributed by atoms with Gasteiger partial charge in [-0.05, 0) is 18.1 Å². The van der Waals surface area contributed by atoms with Gasteiger partial charge in [0.05, 0.1) is 24.0 Å². The van der Waals surface area contributed by atoms with Gasteiger partial charge in [0.25, 0.3) is 0 Å². The highest BCUT2D eigenvalue weighted by Crippen LogP contribution is 2.24. The van der Waals surface area contributed by atoms with Crippen molar-refractivity contribution in [2.24, 2.45) is 5.92 Å². The zero-order chi connectivity index (χ0) is 13.1. The van der Waals surface area contributed by atoms with Gasteiger partial charge in [-0.1, -0.05) is 20.3 Å². The topological polar surface area (TPSA) is 27.1 Å². The van der Waals surface area contributed by atoms with Crippen LogP contribution in [0.15, 0.2) is 18.2 Å². The highest BCUT2D eigenvalue weighted by atomic mass is 35.5. The van der Waals surface area contributed by atoms with E-state index in [2.05, 4.69) is 23.4 Å². The maximum Gasteiger partial charge on any atom is 0.124 e. The van der Waals surface area contributed by atoms with Gasteiger partial charge in [0.1, 0.15) is 11.6 Å². The Morgan fingerprint density at radius 3 is 2.83 bits per heavy atom. The molecule has 1 aromatic carbocycles. The van der Waals surface area contributed by atoms with Crippen LogP contribution in [0.4, 0.5) is 0 Å². The van der Waals surface area contributed by atoms with E-state index in [9.17, 15) is 0 Å². The normalized spacial score (nSPS) is 12.9. The Hall–Kier alpha value is -1.22. The molecule has 2 rings (SSSR count). The minimum atomic E-state index is 0.438. The Morgan fingerprint density at radius 2 is 2.22 bits per heavy atom. The smallest absolute Gasteiger partial charge is 0.124 e. The first-order valence-corrected chi connectivity index (χ1v) is 6.82. The van der Waals surface area contributed by atoms with Crippen molar-refractivity contribution in [1.29, 1.82) is 0 Å². The van der Waals surface area contributed by atoms with Gasteiger partial charge in [-0.2, -0.15) is 0 Å². The van der Waals surface area contributed by atoms with Gasteiger partial charge >= 0.3 is 0 Å². The molecule has 4 heteroatoms. The van der Waals surface area contributed by atoms with Gasteiger partial charge in [0.15, 0.2) is 0 Å². The summed E-state index contributed by atoms with van der Waals surface area (Å²) in [4.78, 5) is 4.57. The largest absolute Gasteiger partial charge is 0.497 e. The number of ether oxygens (including phenoxy) is 1.